The van der Waals surface area contributed by atoms with Crippen LogP contribution in [0.3, 0.4) is 0 Å². The molecule has 2 aromatic heterocycles. The van der Waals surface area contributed by atoms with Crippen molar-refractivity contribution in [3.63, 3.8) is 0 Å². The molecule has 27 heavy (non-hydrogen) atoms. The van der Waals surface area contributed by atoms with Crippen LogP contribution in [0.25, 0.3) is 0 Å². The number of aromatic nitrogens is 2. The minimum Gasteiger partial charge on any atom is -0.496 e. The molecule has 0 atom stereocenters. The Morgan fingerprint density at radius 2 is 1.78 bits per heavy atom. The zero-order valence-corrected chi connectivity index (χ0v) is 15.1. The highest BCUT2D eigenvalue weighted by molar-refractivity contribution is 6.08. The summed E-state index contributed by atoms with van der Waals surface area (Å²) in [6, 6.07) is 12.6. The van der Waals surface area contributed by atoms with Gasteiger partial charge >= 0.3 is 0 Å². The number of amides is 1. The fourth-order valence-electron chi connectivity index (χ4n) is 2.54. The second-order valence-electron chi connectivity index (χ2n) is 5.64. The number of rotatable bonds is 7. The van der Waals surface area contributed by atoms with Gasteiger partial charge in [-0.05, 0) is 35.9 Å². The number of hydrogen-bond acceptors (Lipinski definition) is 6. The Labute approximate surface area is 157 Å². The summed E-state index contributed by atoms with van der Waals surface area (Å²) in [5, 5.41) is 6.02. The molecule has 1 amide bonds. The molecule has 0 saturated heterocycles. The zero-order valence-electron chi connectivity index (χ0n) is 15.1. The first-order valence-electron chi connectivity index (χ1n) is 8.32. The van der Waals surface area contributed by atoms with E-state index in [1.807, 2.05) is 12.1 Å². The molecule has 0 unspecified atom stereocenters. The van der Waals surface area contributed by atoms with Gasteiger partial charge in [0.15, 0.2) is 0 Å². The monoisotopic (exact) mass is 364 g/mol. The first kappa shape index (κ1) is 18.2. The van der Waals surface area contributed by atoms with Gasteiger partial charge in [-0.15, -0.1) is 0 Å². The van der Waals surface area contributed by atoms with Gasteiger partial charge in [0.25, 0.3) is 5.91 Å². The van der Waals surface area contributed by atoms with Crippen molar-refractivity contribution in [1.82, 2.24) is 9.97 Å². The van der Waals surface area contributed by atoms with Crippen molar-refractivity contribution in [2.45, 2.75) is 6.54 Å². The summed E-state index contributed by atoms with van der Waals surface area (Å²) >= 11 is 0. The standard InChI is InChI=1S/C20H20N4O3/c1-26-16-6-3-7-17(27-2)19(16)20(25)24-15-8-9-18(23-13-15)22-12-14-5-4-10-21-11-14/h3-11,13H,12H2,1-2H3,(H,22,23)(H,24,25). The number of ether oxygens (including phenoxy) is 2. The molecule has 7 nitrogen and oxygen atoms in total. The number of carbonyl (C=O) groups is 1. The highest BCUT2D eigenvalue weighted by Crippen LogP contribution is 2.29. The lowest BCUT2D eigenvalue weighted by Crippen LogP contribution is -2.15. The molecule has 3 rings (SSSR count). The first-order valence-corrected chi connectivity index (χ1v) is 8.32. The summed E-state index contributed by atoms with van der Waals surface area (Å²) in [4.78, 5) is 21.0. The van der Waals surface area contributed by atoms with E-state index in [-0.39, 0.29) is 5.91 Å². The Morgan fingerprint density at radius 3 is 2.37 bits per heavy atom. The molecule has 0 aliphatic heterocycles. The Kier molecular flexibility index (Phi) is 5.84. The quantitative estimate of drug-likeness (QED) is 0.669. The summed E-state index contributed by atoms with van der Waals surface area (Å²) in [5.41, 5.74) is 1.96. The maximum atomic E-state index is 12.6. The maximum absolute atomic E-state index is 12.6. The molecule has 138 valence electrons. The van der Waals surface area contributed by atoms with Crippen LogP contribution in [0.4, 0.5) is 11.5 Å². The third-order valence-corrected chi connectivity index (χ3v) is 3.87. The highest BCUT2D eigenvalue weighted by atomic mass is 16.5. The van der Waals surface area contributed by atoms with Crippen LogP contribution in [0, 0.1) is 0 Å². The molecular weight excluding hydrogens is 344 g/mol. The van der Waals surface area contributed by atoms with Crippen molar-refractivity contribution in [3.05, 3.63) is 72.2 Å². The van der Waals surface area contributed by atoms with Crippen LogP contribution in [0.1, 0.15) is 15.9 Å². The van der Waals surface area contributed by atoms with Crippen molar-refractivity contribution in [2.75, 3.05) is 24.9 Å². The molecule has 0 spiro atoms. The van der Waals surface area contributed by atoms with E-state index in [0.717, 1.165) is 5.56 Å². The Balaban J connectivity index is 1.67. The lowest BCUT2D eigenvalue weighted by Gasteiger charge is -2.13. The highest BCUT2D eigenvalue weighted by Gasteiger charge is 2.18. The molecule has 0 aliphatic rings. The number of hydrogen-bond donors (Lipinski definition) is 2. The van der Waals surface area contributed by atoms with Crippen molar-refractivity contribution in [2.24, 2.45) is 0 Å². The minimum absolute atomic E-state index is 0.331. The van der Waals surface area contributed by atoms with Gasteiger partial charge in [-0.1, -0.05) is 12.1 Å². The van der Waals surface area contributed by atoms with Gasteiger partial charge < -0.3 is 20.1 Å². The average molecular weight is 364 g/mol. The summed E-state index contributed by atoms with van der Waals surface area (Å²) in [5.74, 6) is 1.25. The molecule has 7 heteroatoms. The van der Waals surface area contributed by atoms with Crippen LogP contribution >= 0.6 is 0 Å². The largest absolute Gasteiger partial charge is 0.496 e. The van der Waals surface area contributed by atoms with E-state index >= 15 is 0 Å². The van der Waals surface area contributed by atoms with Crippen molar-refractivity contribution in [1.29, 1.82) is 0 Å². The van der Waals surface area contributed by atoms with Gasteiger partial charge in [-0.3, -0.25) is 9.78 Å². The van der Waals surface area contributed by atoms with E-state index in [1.54, 1.807) is 48.9 Å². The second kappa shape index (κ2) is 8.66. The van der Waals surface area contributed by atoms with Crippen LogP contribution in [0.5, 0.6) is 11.5 Å². The van der Waals surface area contributed by atoms with E-state index in [0.29, 0.717) is 35.1 Å². The number of pyridine rings is 2. The van der Waals surface area contributed by atoms with Crippen LogP contribution in [0.2, 0.25) is 0 Å². The lowest BCUT2D eigenvalue weighted by molar-refractivity contribution is 0.102. The third-order valence-electron chi connectivity index (χ3n) is 3.87. The molecule has 0 fully saturated rings. The number of anilines is 2. The number of nitrogens with zero attached hydrogens (tertiary/aromatic N) is 2. The zero-order chi connectivity index (χ0) is 19.1. The molecule has 3 aromatic rings. The normalized spacial score (nSPS) is 10.1. The Bertz CT molecular complexity index is 877. The van der Waals surface area contributed by atoms with Crippen LogP contribution in [0.15, 0.2) is 61.1 Å². The predicted molar refractivity (Wildman–Crippen MR) is 103 cm³/mol. The van der Waals surface area contributed by atoms with Gasteiger partial charge in [0.1, 0.15) is 22.9 Å². The van der Waals surface area contributed by atoms with Crippen molar-refractivity contribution in [3.8, 4) is 11.5 Å². The fraction of sp³-hybridized carbons (Fsp3) is 0.150. The SMILES string of the molecule is COc1cccc(OC)c1C(=O)Nc1ccc(NCc2cccnc2)nc1. The van der Waals surface area contributed by atoms with E-state index in [1.165, 1.54) is 14.2 Å². The van der Waals surface area contributed by atoms with Crippen LogP contribution < -0.4 is 20.1 Å². The molecule has 0 radical (unpaired) electrons. The molecular formula is C20H20N4O3. The Hall–Kier alpha value is -3.61. The van der Waals surface area contributed by atoms with Gasteiger partial charge in [-0.25, -0.2) is 4.98 Å². The minimum atomic E-state index is -0.331. The summed E-state index contributed by atoms with van der Waals surface area (Å²) < 4.78 is 10.5. The number of nitrogens with one attached hydrogen (secondary N) is 2. The van der Waals surface area contributed by atoms with E-state index in [4.69, 9.17) is 9.47 Å². The third kappa shape index (κ3) is 4.52. The van der Waals surface area contributed by atoms with Crippen molar-refractivity contribution < 1.29 is 14.3 Å². The predicted octanol–water partition coefficient (Wildman–Crippen LogP) is 3.36. The van der Waals surface area contributed by atoms with Crippen LogP contribution in [-0.2, 0) is 6.54 Å². The summed E-state index contributed by atoms with van der Waals surface area (Å²) in [6.07, 6.45) is 5.11. The van der Waals surface area contributed by atoms with E-state index in [9.17, 15) is 4.79 Å². The number of benzene rings is 1. The molecule has 0 aliphatic carbocycles. The molecule has 2 N–H and O–H groups in total. The molecule has 1 aromatic carbocycles. The summed E-state index contributed by atoms with van der Waals surface area (Å²) in [7, 11) is 3.02. The molecule has 0 bridgehead atoms. The fourth-order valence-corrected chi connectivity index (χ4v) is 2.54. The first-order chi connectivity index (χ1) is 13.2. The number of methoxy groups -OCH3 is 2. The molecule has 0 saturated carbocycles. The van der Waals surface area contributed by atoms with Gasteiger partial charge in [0.2, 0.25) is 0 Å². The maximum Gasteiger partial charge on any atom is 0.263 e. The van der Waals surface area contributed by atoms with E-state index in [2.05, 4.69) is 20.6 Å². The second-order valence-corrected chi connectivity index (χ2v) is 5.64. The van der Waals surface area contributed by atoms with Gasteiger partial charge in [-0.2, -0.15) is 0 Å². The topological polar surface area (TPSA) is 85.4 Å². The van der Waals surface area contributed by atoms with Gasteiger partial charge in [0.05, 0.1) is 26.1 Å². The lowest BCUT2D eigenvalue weighted by atomic mass is 10.1. The van der Waals surface area contributed by atoms with Gasteiger partial charge in [0, 0.05) is 18.9 Å². The average Bonchev–Trinajstić information content (AvgIpc) is 2.73. The van der Waals surface area contributed by atoms with Crippen molar-refractivity contribution >= 4 is 17.4 Å². The smallest absolute Gasteiger partial charge is 0.263 e. The molecule has 2 heterocycles. The van der Waals surface area contributed by atoms with E-state index < -0.39 is 0 Å². The Morgan fingerprint density at radius 1 is 1.00 bits per heavy atom. The summed E-state index contributed by atoms with van der Waals surface area (Å²) in [6.45, 7) is 0.616. The van der Waals surface area contributed by atoms with Crippen LogP contribution in [-0.4, -0.2) is 30.1 Å². The number of carbonyl (C=O) groups excluding carboxylic acids is 1.